The molecular formula is C20H28N4O2. The van der Waals surface area contributed by atoms with E-state index in [1.807, 2.05) is 23.1 Å². The molecule has 6 nitrogen and oxygen atoms in total. The Bertz CT molecular complexity index is 661. The summed E-state index contributed by atoms with van der Waals surface area (Å²) in [6.45, 7) is 3.75. The summed E-state index contributed by atoms with van der Waals surface area (Å²) in [5, 5.41) is 3.09. The third-order valence-electron chi connectivity index (χ3n) is 5.88. The summed E-state index contributed by atoms with van der Waals surface area (Å²) in [5.41, 5.74) is 1.07. The zero-order chi connectivity index (χ0) is 18.0. The van der Waals surface area contributed by atoms with Gasteiger partial charge in [-0.05, 0) is 50.8 Å². The van der Waals surface area contributed by atoms with Gasteiger partial charge in [0.05, 0.1) is 18.8 Å². The van der Waals surface area contributed by atoms with Crippen LogP contribution in [0, 0.1) is 5.41 Å². The summed E-state index contributed by atoms with van der Waals surface area (Å²) in [5.74, 6) is 0.381. The Morgan fingerprint density at radius 2 is 2.15 bits per heavy atom. The Kier molecular flexibility index (Phi) is 4.94. The van der Waals surface area contributed by atoms with Crippen molar-refractivity contribution in [3.8, 4) is 0 Å². The summed E-state index contributed by atoms with van der Waals surface area (Å²) < 4.78 is 0. The Morgan fingerprint density at radius 3 is 2.92 bits per heavy atom. The standard InChI is InChI=1S/C20H28N4O2/c25-18(22-16-5-6-16)13-23-11-3-8-20(14-23)9-7-19(26)24(15-20)12-17-4-1-2-10-21-17/h1-2,4,10,16H,3,5-9,11-15H2,(H,22,25). The van der Waals surface area contributed by atoms with Gasteiger partial charge in [0, 0.05) is 37.2 Å². The average molecular weight is 356 g/mol. The van der Waals surface area contributed by atoms with Crippen molar-refractivity contribution < 1.29 is 9.59 Å². The second kappa shape index (κ2) is 7.35. The van der Waals surface area contributed by atoms with E-state index in [9.17, 15) is 9.59 Å². The van der Waals surface area contributed by atoms with Crippen molar-refractivity contribution in [3.63, 3.8) is 0 Å². The number of nitrogens with zero attached hydrogens (tertiary/aromatic N) is 3. The highest BCUT2D eigenvalue weighted by atomic mass is 16.2. The third-order valence-corrected chi connectivity index (χ3v) is 5.88. The second-order valence-corrected chi connectivity index (χ2v) is 8.23. The first-order valence-electron chi connectivity index (χ1n) is 9.81. The first-order chi connectivity index (χ1) is 12.6. The predicted octanol–water partition coefficient (Wildman–Crippen LogP) is 1.56. The van der Waals surface area contributed by atoms with Crippen LogP contribution >= 0.6 is 0 Å². The van der Waals surface area contributed by atoms with Crippen LogP contribution in [0.4, 0.5) is 0 Å². The van der Waals surface area contributed by atoms with Gasteiger partial charge in [0.1, 0.15) is 0 Å². The van der Waals surface area contributed by atoms with E-state index in [0.29, 0.717) is 25.6 Å². The molecule has 0 aromatic carbocycles. The van der Waals surface area contributed by atoms with Gasteiger partial charge in [-0.25, -0.2) is 0 Å². The third kappa shape index (κ3) is 4.23. The summed E-state index contributed by atoms with van der Waals surface area (Å²) in [7, 11) is 0. The molecule has 2 amide bonds. The number of amides is 2. The Morgan fingerprint density at radius 1 is 1.27 bits per heavy atom. The molecule has 3 fully saturated rings. The van der Waals surface area contributed by atoms with Gasteiger partial charge >= 0.3 is 0 Å². The molecule has 3 aliphatic rings. The lowest BCUT2D eigenvalue weighted by atomic mass is 9.73. The fraction of sp³-hybridized carbons (Fsp3) is 0.650. The molecule has 1 atom stereocenters. The van der Waals surface area contributed by atoms with Gasteiger partial charge in [-0.3, -0.25) is 19.5 Å². The SMILES string of the molecule is O=C(CN1CCCC2(CCC(=O)N(Cc3ccccn3)C2)C1)NC1CC1. The number of pyridine rings is 1. The number of nitrogens with one attached hydrogen (secondary N) is 1. The molecule has 1 aromatic rings. The van der Waals surface area contributed by atoms with Gasteiger partial charge in [-0.2, -0.15) is 0 Å². The summed E-state index contributed by atoms with van der Waals surface area (Å²) in [6, 6.07) is 6.26. The number of aromatic nitrogens is 1. The van der Waals surface area contributed by atoms with Crippen molar-refractivity contribution in [2.24, 2.45) is 5.41 Å². The fourth-order valence-electron chi connectivity index (χ4n) is 4.42. The molecule has 0 bridgehead atoms. The van der Waals surface area contributed by atoms with Crippen molar-refractivity contribution >= 4 is 11.8 Å². The van der Waals surface area contributed by atoms with Crippen LogP contribution < -0.4 is 5.32 Å². The Hall–Kier alpha value is -1.95. The van der Waals surface area contributed by atoms with Gasteiger partial charge in [0.25, 0.3) is 0 Å². The Balaban J connectivity index is 1.38. The lowest BCUT2D eigenvalue weighted by molar-refractivity contribution is -0.141. The van der Waals surface area contributed by atoms with E-state index in [4.69, 9.17) is 0 Å². The zero-order valence-electron chi connectivity index (χ0n) is 15.3. The van der Waals surface area contributed by atoms with Crippen molar-refractivity contribution in [2.45, 2.75) is 51.1 Å². The number of rotatable bonds is 5. The van der Waals surface area contributed by atoms with Crippen molar-refractivity contribution in [1.29, 1.82) is 0 Å². The van der Waals surface area contributed by atoms with E-state index in [-0.39, 0.29) is 17.2 Å². The van der Waals surface area contributed by atoms with Gasteiger partial charge in [-0.15, -0.1) is 0 Å². The van der Waals surface area contributed by atoms with Gasteiger partial charge in [-0.1, -0.05) is 6.07 Å². The molecule has 0 radical (unpaired) electrons. The minimum atomic E-state index is 0.126. The monoisotopic (exact) mass is 356 g/mol. The normalized spacial score (nSPS) is 26.9. The molecule has 1 aromatic heterocycles. The van der Waals surface area contributed by atoms with E-state index < -0.39 is 0 Å². The average Bonchev–Trinajstić information content (AvgIpc) is 3.43. The van der Waals surface area contributed by atoms with Crippen LogP contribution in [0.5, 0.6) is 0 Å². The van der Waals surface area contributed by atoms with Crippen LogP contribution in [0.2, 0.25) is 0 Å². The molecule has 1 saturated carbocycles. The van der Waals surface area contributed by atoms with E-state index in [2.05, 4.69) is 15.2 Å². The highest BCUT2D eigenvalue weighted by molar-refractivity contribution is 5.79. The number of hydrogen-bond donors (Lipinski definition) is 1. The fourth-order valence-corrected chi connectivity index (χ4v) is 4.42. The summed E-state index contributed by atoms with van der Waals surface area (Å²) >= 11 is 0. The summed E-state index contributed by atoms with van der Waals surface area (Å²) in [6.07, 6.45) is 7.81. The maximum absolute atomic E-state index is 12.4. The van der Waals surface area contributed by atoms with Gasteiger partial charge < -0.3 is 10.2 Å². The van der Waals surface area contributed by atoms with E-state index >= 15 is 0 Å². The number of piperidine rings is 2. The quantitative estimate of drug-likeness (QED) is 0.870. The molecular weight excluding hydrogens is 328 g/mol. The molecule has 4 rings (SSSR count). The second-order valence-electron chi connectivity index (χ2n) is 8.23. The zero-order valence-corrected chi connectivity index (χ0v) is 15.3. The van der Waals surface area contributed by atoms with Crippen LogP contribution in [0.1, 0.15) is 44.2 Å². The maximum atomic E-state index is 12.4. The van der Waals surface area contributed by atoms with Crippen LogP contribution in [-0.2, 0) is 16.1 Å². The smallest absolute Gasteiger partial charge is 0.234 e. The van der Waals surface area contributed by atoms with Crippen LogP contribution in [0.3, 0.4) is 0 Å². The van der Waals surface area contributed by atoms with Crippen LogP contribution in [0.25, 0.3) is 0 Å². The summed E-state index contributed by atoms with van der Waals surface area (Å²) in [4.78, 5) is 33.2. The number of carbonyl (C=O) groups excluding carboxylic acids is 2. The largest absolute Gasteiger partial charge is 0.352 e. The number of hydrogen-bond acceptors (Lipinski definition) is 4. The molecule has 1 unspecified atom stereocenters. The lowest BCUT2D eigenvalue weighted by Crippen LogP contribution is -2.55. The minimum absolute atomic E-state index is 0.126. The number of carbonyl (C=O) groups is 2. The molecule has 2 aliphatic heterocycles. The van der Waals surface area contributed by atoms with E-state index in [0.717, 1.165) is 57.4 Å². The first-order valence-corrected chi connectivity index (χ1v) is 9.81. The van der Waals surface area contributed by atoms with Crippen molar-refractivity contribution in [2.75, 3.05) is 26.2 Å². The lowest BCUT2D eigenvalue weighted by Gasteiger charge is -2.48. The van der Waals surface area contributed by atoms with Crippen molar-refractivity contribution in [3.05, 3.63) is 30.1 Å². The molecule has 1 spiro atoms. The molecule has 26 heavy (non-hydrogen) atoms. The van der Waals surface area contributed by atoms with Gasteiger partial charge in [0.2, 0.25) is 11.8 Å². The molecule has 1 N–H and O–H groups in total. The molecule has 3 heterocycles. The first kappa shape index (κ1) is 17.5. The van der Waals surface area contributed by atoms with Crippen LogP contribution in [0.15, 0.2) is 24.4 Å². The molecule has 1 aliphatic carbocycles. The predicted molar refractivity (Wildman–Crippen MR) is 98.2 cm³/mol. The molecule has 2 saturated heterocycles. The topological polar surface area (TPSA) is 65.5 Å². The Labute approximate surface area is 155 Å². The minimum Gasteiger partial charge on any atom is -0.352 e. The highest BCUT2D eigenvalue weighted by Gasteiger charge is 2.42. The van der Waals surface area contributed by atoms with Crippen LogP contribution in [-0.4, -0.2) is 58.8 Å². The molecule has 6 heteroatoms. The maximum Gasteiger partial charge on any atom is 0.234 e. The van der Waals surface area contributed by atoms with Crippen molar-refractivity contribution in [1.82, 2.24) is 20.1 Å². The van der Waals surface area contributed by atoms with E-state index in [1.165, 1.54) is 0 Å². The number of likely N-dealkylation sites (tertiary alicyclic amines) is 2. The molecule has 140 valence electrons. The highest BCUT2D eigenvalue weighted by Crippen LogP contribution is 2.39. The van der Waals surface area contributed by atoms with E-state index in [1.54, 1.807) is 6.20 Å². The van der Waals surface area contributed by atoms with Gasteiger partial charge in [0.15, 0.2) is 0 Å².